The third-order valence-electron chi connectivity index (χ3n) is 6.05. The largest absolute Gasteiger partial charge is 0.489 e. The molecule has 1 aromatic heterocycles. The molecular formula is C30H27ClN4O2. The van der Waals surface area contributed by atoms with Crippen molar-refractivity contribution in [2.24, 2.45) is 0 Å². The second kappa shape index (κ2) is 11.3. The normalized spacial score (nSPS) is 11.0. The number of aromatic nitrogens is 3. The van der Waals surface area contributed by atoms with Crippen molar-refractivity contribution < 1.29 is 9.53 Å². The highest BCUT2D eigenvalue weighted by atomic mass is 35.5. The number of aryl methyl sites for hydroxylation is 1. The average Bonchev–Trinajstić information content (AvgIpc) is 3.34. The van der Waals surface area contributed by atoms with Gasteiger partial charge in [0, 0.05) is 5.56 Å². The topological polar surface area (TPSA) is 69.0 Å². The first-order valence-electron chi connectivity index (χ1n) is 12.3. The van der Waals surface area contributed by atoms with Crippen LogP contribution in [0.3, 0.4) is 0 Å². The van der Waals surface area contributed by atoms with E-state index in [1.54, 1.807) is 35.1 Å². The Hall–Kier alpha value is -4.16. The Morgan fingerprint density at radius 1 is 0.892 bits per heavy atom. The van der Waals surface area contributed by atoms with Crippen LogP contribution in [0.1, 0.15) is 41.3 Å². The molecule has 5 aromatic rings. The van der Waals surface area contributed by atoms with Crippen molar-refractivity contribution in [3.05, 3.63) is 113 Å². The van der Waals surface area contributed by atoms with Crippen LogP contribution in [-0.2, 0) is 13.0 Å². The Labute approximate surface area is 220 Å². The SMILES string of the molecule is CCCCc1ccc(-n2nc3cc(Cl)c(NC(=O)c4cccc(OCc5ccccc5)c4)cc3n2)cc1. The smallest absolute Gasteiger partial charge is 0.255 e. The van der Waals surface area contributed by atoms with Crippen molar-refractivity contribution in [2.45, 2.75) is 32.8 Å². The number of nitrogens with one attached hydrogen (secondary N) is 1. The van der Waals surface area contributed by atoms with Gasteiger partial charge in [-0.05, 0) is 66.4 Å². The number of nitrogens with zero attached hydrogens (tertiary/aromatic N) is 3. The summed E-state index contributed by atoms with van der Waals surface area (Å²) >= 11 is 6.49. The minimum absolute atomic E-state index is 0.290. The van der Waals surface area contributed by atoms with Gasteiger partial charge in [-0.25, -0.2) is 0 Å². The van der Waals surface area contributed by atoms with Crippen LogP contribution < -0.4 is 10.1 Å². The number of hydrogen-bond donors (Lipinski definition) is 1. The van der Waals surface area contributed by atoms with Crippen molar-refractivity contribution in [2.75, 3.05) is 5.32 Å². The third kappa shape index (κ3) is 5.98. The fraction of sp³-hybridized carbons (Fsp3) is 0.167. The van der Waals surface area contributed by atoms with E-state index >= 15 is 0 Å². The van der Waals surface area contributed by atoms with Crippen LogP contribution in [0.2, 0.25) is 5.02 Å². The summed E-state index contributed by atoms with van der Waals surface area (Å²) in [5.74, 6) is 0.322. The Kier molecular flexibility index (Phi) is 7.47. The lowest BCUT2D eigenvalue weighted by molar-refractivity contribution is 0.102. The number of carbonyl (C=O) groups is 1. The quantitative estimate of drug-likeness (QED) is 0.227. The lowest BCUT2D eigenvalue weighted by Gasteiger charge is -2.10. The summed E-state index contributed by atoms with van der Waals surface area (Å²) in [5, 5.41) is 12.4. The fourth-order valence-corrected chi connectivity index (χ4v) is 4.19. The Morgan fingerprint density at radius 3 is 2.41 bits per heavy atom. The lowest BCUT2D eigenvalue weighted by atomic mass is 10.1. The minimum Gasteiger partial charge on any atom is -0.489 e. The summed E-state index contributed by atoms with van der Waals surface area (Å²) in [6.45, 7) is 2.61. The molecule has 0 aliphatic rings. The van der Waals surface area contributed by atoms with Gasteiger partial charge < -0.3 is 10.1 Å². The fourth-order valence-electron chi connectivity index (χ4n) is 3.99. The molecule has 0 saturated heterocycles. The summed E-state index contributed by atoms with van der Waals surface area (Å²) in [4.78, 5) is 14.6. The molecule has 0 atom stereocenters. The highest BCUT2D eigenvalue weighted by molar-refractivity contribution is 6.34. The molecule has 1 amide bonds. The van der Waals surface area contributed by atoms with Crippen LogP contribution >= 0.6 is 11.6 Å². The molecule has 1 N–H and O–H groups in total. The molecule has 0 aliphatic heterocycles. The maximum Gasteiger partial charge on any atom is 0.255 e. The first kappa shape index (κ1) is 24.5. The number of halogens is 1. The van der Waals surface area contributed by atoms with Gasteiger partial charge in [0.2, 0.25) is 0 Å². The number of amides is 1. The summed E-state index contributed by atoms with van der Waals surface area (Å²) in [6.07, 6.45) is 3.40. The zero-order valence-corrected chi connectivity index (χ0v) is 21.3. The molecule has 0 unspecified atom stereocenters. The van der Waals surface area contributed by atoms with Crippen LogP contribution in [-0.4, -0.2) is 20.9 Å². The van der Waals surface area contributed by atoms with Crippen molar-refractivity contribution in [3.8, 4) is 11.4 Å². The molecule has 7 heteroatoms. The second-order valence-electron chi connectivity index (χ2n) is 8.84. The number of hydrogen-bond acceptors (Lipinski definition) is 4. The maximum absolute atomic E-state index is 13.0. The first-order valence-corrected chi connectivity index (χ1v) is 12.7. The van der Waals surface area contributed by atoms with E-state index in [4.69, 9.17) is 16.3 Å². The first-order chi connectivity index (χ1) is 18.1. The Morgan fingerprint density at radius 2 is 1.65 bits per heavy atom. The number of ether oxygens (including phenoxy) is 1. The number of rotatable bonds is 9. The van der Waals surface area contributed by atoms with E-state index in [2.05, 4.69) is 34.6 Å². The number of fused-ring (bicyclic) bond motifs is 1. The van der Waals surface area contributed by atoms with Gasteiger partial charge in [-0.15, -0.1) is 10.2 Å². The molecule has 6 nitrogen and oxygen atoms in total. The van der Waals surface area contributed by atoms with E-state index in [1.165, 1.54) is 18.4 Å². The van der Waals surface area contributed by atoms with Crippen LogP contribution in [0.15, 0.2) is 91.0 Å². The highest BCUT2D eigenvalue weighted by Crippen LogP contribution is 2.28. The van der Waals surface area contributed by atoms with Crippen LogP contribution in [0.25, 0.3) is 16.7 Å². The van der Waals surface area contributed by atoms with Gasteiger partial charge in [-0.1, -0.05) is 73.5 Å². The molecular weight excluding hydrogens is 484 g/mol. The van der Waals surface area contributed by atoms with Crippen molar-refractivity contribution >= 4 is 34.2 Å². The van der Waals surface area contributed by atoms with Crippen molar-refractivity contribution in [1.29, 1.82) is 0 Å². The van der Waals surface area contributed by atoms with Crippen molar-refractivity contribution in [1.82, 2.24) is 15.0 Å². The van der Waals surface area contributed by atoms with Crippen LogP contribution in [0.5, 0.6) is 5.75 Å². The molecule has 0 spiro atoms. The van der Waals surface area contributed by atoms with Crippen molar-refractivity contribution in [3.63, 3.8) is 0 Å². The van der Waals surface area contributed by atoms with E-state index in [-0.39, 0.29) is 5.91 Å². The molecule has 0 bridgehead atoms. The Bertz CT molecular complexity index is 1510. The molecule has 186 valence electrons. The summed E-state index contributed by atoms with van der Waals surface area (Å²) in [6, 6.07) is 28.6. The Balaban J connectivity index is 1.30. The van der Waals surface area contributed by atoms with Gasteiger partial charge in [-0.2, -0.15) is 4.80 Å². The van der Waals surface area contributed by atoms with Gasteiger partial charge in [0.1, 0.15) is 23.4 Å². The van der Waals surface area contributed by atoms with Gasteiger partial charge in [0.25, 0.3) is 5.91 Å². The molecule has 0 fully saturated rings. The predicted octanol–water partition coefficient (Wildman–Crippen LogP) is 7.25. The lowest BCUT2D eigenvalue weighted by Crippen LogP contribution is -2.12. The summed E-state index contributed by atoms with van der Waals surface area (Å²) < 4.78 is 5.86. The highest BCUT2D eigenvalue weighted by Gasteiger charge is 2.14. The molecule has 1 heterocycles. The maximum atomic E-state index is 13.0. The second-order valence-corrected chi connectivity index (χ2v) is 9.24. The third-order valence-corrected chi connectivity index (χ3v) is 6.36. The molecule has 5 rings (SSSR count). The number of benzene rings is 4. The van der Waals surface area contributed by atoms with Gasteiger partial charge >= 0.3 is 0 Å². The molecule has 37 heavy (non-hydrogen) atoms. The number of unbranched alkanes of at least 4 members (excludes halogenated alkanes) is 1. The summed E-state index contributed by atoms with van der Waals surface area (Å²) in [7, 11) is 0. The van der Waals surface area contributed by atoms with Crippen LogP contribution in [0.4, 0.5) is 5.69 Å². The molecule has 0 aliphatic carbocycles. The average molecular weight is 511 g/mol. The molecule has 0 radical (unpaired) electrons. The number of anilines is 1. The predicted molar refractivity (Wildman–Crippen MR) is 148 cm³/mol. The van der Waals surface area contributed by atoms with Gasteiger partial charge in [0.05, 0.1) is 16.4 Å². The van der Waals surface area contributed by atoms with E-state index in [0.29, 0.717) is 39.7 Å². The molecule has 4 aromatic carbocycles. The van der Waals surface area contributed by atoms with E-state index in [1.807, 2.05) is 48.5 Å². The van der Waals surface area contributed by atoms with Gasteiger partial charge in [0.15, 0.2) is 0 Å². The van der Waals surface area contributed by atoms with E-state index in [0.717, 1.165) is 17.7 Å². The monoisotopic (exact) mass is 510 g/mol. The number of carbonyl (C=O) groups excluding carboxylic acids is 1. The summed E-state index contributed by atoms with van der Waals surface area (Å²) in [5.41, 5.74) is 5.43. The zero-order valence-electron chi connectivity index (χ0n) is 20.5. The van der Waals surface area contributed by atoms with Crippen LogP contribution in [0, 0.1) is 0 Å². The zero-order chi connectivity index (χ0) is 25.6. The van der Waals surface area contributed by atoms with Gasteiger partial charge in [-0.3, -0.25) is 4.79 Å². The van der Waals surface area contributed by atoms with E-state index < -0.39 is 0 Å². The minimum atomic E-state index is -0.290. The molecule has 0 saturated carbocycles. The standard InChI is InChI=1S/C30H27ClN4O2/c1-2-3-8-21-13-15-24(16-14-21)35-33-28-18-26(31)27(19-29(28)34-35)32-30(36)23-11-7-12-25(17-23)37-20-22-9-5-4-6-10-22/h4-7,9-19H,2-3,8,20H2,1H3,(H,32,36). The van der Waals surface area contributed by atoms with E-state index in [9.17, 15) is 4.79 Å².